The molecule has 0 saturated carbocycles. The summed E-state index contributed by atoms with van der Waals surface area (Å²) in [4.78, 5) is 0. The fraction of sp³-hybridized carbons (Fsp3) is 0.538. The van der Waals surface area contributed by atoms with Crippen LogP contribution in [0.4, 0.5) is 13.2 Å². The van der Waals surface area contributed by atoms with Crippen molar-refractivity contribution >= 4 is 0 Å². The second-order valence-electron chi connectivity index (χ2n) is 3.74. The number of halogens is 3. The molecule has 0 saturated heterocycles. The third-order valence-electron chi connectivity index (χ3n) is 2.41. The number of benzene rings is 1. The Labute approximate surface area is 102 Å². The van der Waals surface area contributed by atoms with Crippen molar-refractivity contribution in [3.8, 4) is 0 Å². The van der Waals surface area contributed by atoms with E-state index in [1.807, 2.05) is 0 Å². The zero-order valence-corrected chi connectivity index (χ0v) is 9.79. The van der Waals surface area contributed by atoms with E-state index in [1.165, 1.54) is 19.2 Å². The van der Waals surface area contributed by atoms with Crippen LogP contribution in [0.2, 0.25) is 0 Å². The lowest BCUT2D eigenvalue weighted by Crippen LogP contribution is -2.06. The highest BCUT2D eigenvalue weighted by Gasteiger charge is 2.30. The summed E-state index contributed by atoms with van der Waals surface area (Å²) < 4.78 is 58.3. The summed E-state index contributed by atoms with van der Waals surface area (Å²) in [6.07, 6.45) is -6.12. The minimum atomic E-state index is -4.41. The highest BCUT2D eigenvalue weighted by Crippen LogP contribution is 2.29. The number of hydrogen-bond acceptors (Lipinski definition) is 1. The van der Waals surface area contributed by atoms with Gasteiger partial charge in [-0.15, -0.1) is 0 Å². The average molecular weight is 248 g/mol. The minimum Gasteiger partial charge on any atom is -0.382 e. The summed E-state index contributed by atoms with van der Waals surface area (Å²) in [5.74, 6) is 0. The van der Waals surface area contributed by atoms with Crippen LogP contribution in [0.5, 0.6) is 0 Å². The Kier molecular flexibility index (Phi) is 3.95. The molecule has 0 bridgehead atoms. The fourth-order valence-corrected chi connectivity index (χ4v) is 1.33. The summed E-state index contributed by atoms with van der Waals surface area (Å²) in [5.41, 5.74) is -0.487. The smallest absolute Gasteiger partial charge is 0.382 e. The molecular formula is C13H17F3O. The standard InChI is InChI=1S/C13H17F3O/c1-10(17-2)5-3-6-11-7-4-8-12(9-11)13(14,15)16/h4,7-10H,3,5-6H2,1-2H3/i5D,6D. The lowest BCUT2D eigenvalue weighted by Gasteiger charge is -2.10. The molecule has 0 aliphatic carbocycles. The van der Waals surface area contributed by atoms with E-state index in [2.05, 4.69) is 0 Å². The first-order valence-electron chi connectivity index (χ1n) is 6.45. The van der Waals surface area contributed by atoms with Gasteiger partial charge in [-0.25, -0.2) is 0 Å². The van der Waals surface area contributed by atoms with Gasteiger partial charge in [-0.05, 0) is 37.8 Å². The molecule has 0 radical (unpaired) electrons. The van der Waals surface area contributed by atoms with E-state index in [4.69, 9.17) is 7.48 Å². The van der Waals surface area contributed by atoms with Crippen LogP contribution in [-0.4, -0.2) is 13.2 Å². The molecule has 3 unspecified atom stereocenters. The molecular weight excluding hydrogens is 229 g/mol. The van der Waals surface area contributed by atoms with Crippen molar-refractivity contribution in [1.82, 2.24) is 0 Å². The molecule has 17 heavy (non-hydrogen) atoms. The third-order valence-corrected chi connectivity index (χ3v) is 2.41. The number of aryl methyl sites for hydroxylation is 1. The maximum Gasteiger partial charge on any atom is 0.416 e. The summed E-state index contributed by atoms with van der Waals surface area (Å²) in [6, 6.07) is 4.73. The van der Waals surface area contributed by atoms with E-state index in [0.717, 1.165) is 12.1 Å². The van der Waals surface area contributed by atoms with E-state index in [9.17, 15) is 13.2 Å². The molecule has 0 fully saturated rings. The van der Waals surface area contributed by atoms with Crippen LogP contribution in [0.15, 0.2) is 24.3 Å². The van der Waals surface area contributed by atoms with Gasteiger partial charge in [0.15, 0.2) is 0 Å². The molecule has 1 nitrogen and oxygen atoms in total. The molecule has 4 heteroatoms. The molecule has 0 heterocycles. The predicted molar refractivity (Wildman–Crippen MR) is 60.9 cm³/mol. The largest absolute Gasteiger partial charge is 0.416 e. The van der Waals surface area contributed by atoms with Crippen LogP contribution in [0.25, 0.3) is 0 Å². The van der Waals surface area contributed by atoms with Gasteiger partial charge in [-0.2, -0.15) is 13.2 Å². The molecule has 1 rings (SSSR count). The Morgan fingerprint density at radius 3 is 2.71 bits per heavy atom. The maximum absolute atomic E-state index is 12.6. The Morgan fingerprint density at radius 1 is 1.41 bits per heavy atom. The van der Waals surface area contributed by atoms with E-state index < -0.39 is 24.5 Å². The maximum atomic E-state index is 12.6. The number of rotatable bonds is 5. The zero-order valence-electron chi connectivity index (χ0n) is 11.8. The third kappa shape index (κ3) is 4.77. The number of methoxy groups -OCH3 is 1. The van der Waals surface area contributed by atoms with Gasteiger partial charge in [0.25, 0.3) is 0 Å². The highest BCUT2D eigenvalue weighted by molar-refractivity contribution is 5.25. The van der Waals surface area contributed by atoms with Crippen molar-refractivity contribution < 1.29 is 20.6 Å². The summed E-state index contributed by atoms with van der Waals surface area (Å²) in [5, 5.41) is 0. The highest BCUT2D eigenvalue weighted by atomic mass is 19.4. The Morgan fingerprint density at radius 2 is 2.12 bits per heavy atom. The molecule has 0 aromatic heterocycles. The van der Waals surface area contributed by atoms with Gasteiger partial charge in [0.05, 0.1) is 11.7 Å². The number of hydrogen-bond donors (Lipinski definition) is 0. The van der Waals surface area contributed by atoms with E-state index in [-0.39, 0.29) is 18.1 Å². The molecule has 1 aromatic carbocycles. The van der Waals surface area contributed by atoms with E-state index in [1.54, 1.807) is 6.92 Å². The van der Waals surface area contributed by atoms with Crippen molar-refractivity contribution in [3.63, 3.8) is 0 Å². The second-order valence-corrected chi connectivity index (χ2v) is 3.74. The average Bonchev–Trinajstić information content (AvgIpc) is 2.36. The van der Waals surface area contributed by atoms with Gasteiger partial charge >= 0.3 is 6.18 Å². The molecule has 0 aliphatic rings. The van der Waals surface area contributed by atoms with E-state index in [0.29, 0.717) is 0 Å². The van der Waals surface area contributed by atoms with Gasteiger partial charge in [0, 0.05) is 9.85 Å². The normalized spacial score (nSPS) is 19.1. The van der Waals surface area contributed by atoms with Crippen molar-refractivity contribution in [2.45, 2.75) is 38.4 Å². The quantitative estimate of drug-likeness (QED) is 0.763. The Bertz CT molecular complexity index is 409. The van der Waals surface area contributed by atoms with Crippen molar-refractivity contribution in [1.29, 1.82) is 0 Å². The zero-order chi connectivity index (χ0) is 14.6. The summed E-state index contributed by atoms with van der Waals surface area (Å²) in [7, 11) is 1.47. The van der Waals surface area contributed by atoms with Crippen LogP contribution >= 0.6 is 0 Å². The molecule has 96 valence electrons. The monoisotopic (exact) mass is 248 g/mol. The number of alkyl halides is 3. The van der Waals surface area contributed by atoms with Gasteiger partial charge < -0.3 is 4.74 Å². The lowest BCUT2D eigenvalue weighted by molar-refractivity contribution is -0.137. The van der Waals surface area contributed by atoms with Crippen LogP contribution in [0, 0.1) is 0 Å². The van der Waals surface area contributed by atoms with E-state index >= 15 is 0 Å². The van der Waals surface area contributed by atoms with Crippen LogP contribution in [-0.2, 0) is 17.3 Å². The van der Waals surface area contributed by atoms with Crippen molar-refractivity contribution in [3.05, 3.63) is 35.4 Å². The molecule has 3 atom stereocenters. The second kappa shape index (κ2) is 6.05. The van der Waals surface area contributed by atoms with Crippen LogP contribution in [0.1, 0.15) is 33.6 Å². The van der Waals surface area contributed by atoms with Crippen LogP contribution < -0.4 is 0 Å². The fourth-order valence-electron chi connectivity index (χ4n) is 1.33. The summed E-state index contributed by atoms with van der Waals surface area (Å²) in [6.45, 7) is 1.70. The van der Waals surface area contributed by atoms with Crippen molar-refractivity contribution in [2.24, 2.45) is 0 Å². The molecule has 0 aliphatic heterocycles. The minimum absolute atomic E-state index is 0.135. The molecule has 0 spiro atoms. The topological polar surface area (TPSA) is 9.23 Å². The Hall–Kier alpha value is -1.03. The first kappa shape index (κ1) is 11.1. The molecule has 0 amide bonds. The number of ether oxygens (including phenoxy) is 1. The lowest BCUT2D eigenvalue weighted by atomic mass is 10.0. The van der Waals surface area contributed by atoms with Gasteiger partial charge in [0.1, 0.15) is 0 Å². The summed E-state index contributed by atoms with van der Waals surface area (Å²) >= 11 is 0. The predicted octanol–water partition coefficient (Wildman–Crippen LogP) is 4.06. The first-order chi connectivity index (χ1) is 8.75. The SMILES string of the molecule is [2H]C(CC([2H])C(C)OC)c1cccc(C(F)(F)F)c1. The molecule has 1 aromatic rings. The van der Waals surface area contributed by atoms with Crippen LogP contribution in [0.3, 0.4) is 0 Å². The first-order valence-corrected chi connectivity index (χ1v) is 5.30. The molecule has 0 N–H and O–H groups in total. The van der Waals surface area contributed by atoms with Crippen molar-refractivity contribution in [2.75, 3.05) is 7.11 Å². The van der Waals surface area contributed by atoms with Gasteiger partial charge in [-0.3, -0.25) is 0 Å². The Balaban J connectivity index is 2.80. The van der Waals surface area contributed by atoms with Gasteiger partial charge in [0.2, 0.25) is 0 Å². The van der Waals surface area contributed by atoms with Gasteiger partial charge in [-0.1, -0.05) is 18.2 Å².